The summed E-state index contributed by atoms with van der Waals surface area (Å²) in [4.78, 5) is 17.1. The molecule has 2 aliphatic heterocycles. The van der Waals surface area contributed by atoms with Crippen LogP contribution in [0.4, 0.5) is 0 Å². The van der Waals surface area contributed by atoms with Crippen molar-refractivity contribution in [3.8, 4) is 0 Å². The van der Waals surface area contributed by atoms with Crippen molar-refractivity contribution in [2.75, 3.05) is 31.6 Å². The van der Waals surface area contributed by atoms with Gasteiger partial charge in [0, 0.05) is 56.9 Å². The first-order chi connectivity index (χ1) is 11.6. The number of aromatic nitrogens is 2. The number of nitrogens with zero attached hydrogens (tertiary/aromatic N) is 4. The van der Waals surface area contributed by atoms with Gasteiger partial charge in [-0.15, -0.1) is 0 Å². The Kier molecular flexibility index (Phi) is 5.87. The molecule has 0 aliphatic carbocycles. The molecule has 1 aromatic rings. The Bertz CT molecular complexity index is 573. The van der Waals surface area contributed by atoms with E-state index in [-0.39, 0.29) is 0 Å². The van der Waals surface area contributed by atoms with Crippen LogP contribution in [0.2, 0.25) is 0 Å². The van der Waals surface area contributed by atoms with E-state index in [1.165, 1.54) is 11.3 Å². The second-order valence-corrected chi connectivity index (χ2v) is 8.19. The number of hydrogen-bond acceptors (Lipinski definition) is 4. The largest absolute Gasteiger partial charge is 0.339 e. The lowest BCUT2D eigenvalue weighted by atomic mass is 9.83. The molecule has 3 heterocycles. The highest BCUT2D eigenvalue weighted by Crippen LogP contribution is 2.32. The van der Waals surface area contributed by atoms with E-state index in [4.69, 9.17) is 0 Å². The van der Waals surface area contributed by atoms with Crippen molar-refractivity contribution in [1.82, 2.24) is 19.6 Å². The van der Waals surface area contributed by atoms with Crippen molar-refractivity contribution in [1.29, 1.82) is 0 Å². The molecule has 2 aliphatic rings. The van der Waals surface area contributed by atoms with Crippen LogP contribution in [-0.4, -0.2) is 63.2 Å². The van der Waals surface area contributed by atoms with E-state index < -0.39 is 0 Å². The highest BCUT2D eigenvalue weighted by atomic mass is 32.2. The number of rotatable bonds is 6. The van der Waals surface area contributed by atoms with Gasteiger partial charge in [0.2, 0.25) is 5.91 Å². The minimum Gasteiger partial charge on any atom is -0.339 e. The van der Waals surface area contributed by atoms with Gasteiger partial charge in [-0.1, -0.05) is 0 Å². The lowest BCUT2D eigenvalue weighted by molar-refractivity contribution is -0.141. The molecule has 5 nitrogen and oxygen atoms in total. The van der Waals surface area contributed by atoms with Crippen molar-refractivity contribution in [2.45, 2.75) is 45.2 Å². The van der Waals surface area contributed by atoms with Crippen LogP contribution in [0.5, 0.6) is 0 Å². The molecule has 1 amide bonds. The van der Waals surface area contributed by atoms with Crippen molar-refractivity contribution < 1.29 is 4.79 Å². The van der Waals surface area contributed by atoms with E-state index in [1.807, 2.05) is 29.7 Å². The molecule has 0 N–H and O–H groups in total. The van der Waals surface area contributed by atoms with Gasteiger partial charge < -0.3 is 4.90 Å². The summed E-state index contributed by atoms with van der Waals surface area (Å²) in [6.45, 7) is 6.28. The third-order valence-corrected chi connectivity index (χ3v) is 6.40. The first kappa shape index (κ1) is 17.8. The lowest BCUT2D eigenvalue weighted by Gasteiger charge is -2.47. The Balaban J connectivity index is 1.59. The summed E-state index contributed by atoms with van der Waals surface area (Å²) >= 11 is 1.87. The molecule has 0 radical (unpaired) electrons. The molecule has 0 saturated carbocycles. The van der Waals surface area contributed by atoms with Gasteiger partial charge >= 0.3 is 0 Å². The molecule has 24 heavy (non-hydrogen) atoms. The van der Waals surface area contributed by atoms with E-state index in [2.05, 4.69) is 28.1 Å². The van der Waals surface area contributed by atoms with Gasteiger partial charge in [0.05, 0.1) is 6.20 Å². The van der Waals surface area contributed by atoms with Crippen LogP contribution < -0.4 is 0 Å². The maximum Gasteiger partial charge on any atom is 0.222 e. The number of carbonyl (C=O) groups excluding carboxylic acids is 1. The number of amides is 1. The molecule has 2 fully saturated rings. The summed E-state index contributed by atoms with van der Waals surface area (Å²) in [6, 6.07) is 0.472. The van der Waals surface area contributed by atoms with Crippen molar-refractivity contribution >= 4 is 17.7 Å². The van der Waals surface area contributed by atoms with Gasteiger partial charge in [0.1, 0.15) is 0 Å². The SMILES string of the molecule is CSCCCN1C(=O)CC[C@H]2CN(Cc3cnn(C)c3C)CC[C@H]21. The minimum atomic E-state index is 0.383. The van der Waals surface area contributed by atoms with Crippen LogP contribution in [0.15, 0.2) is 6.20 Å². The summed E-state index contributed by atoms with van der Waals surface area (Å²) in [6.07, 6.45) is 8.18. The lowest BCUT2D eigenvalue weighted by Crippen LogP contribution is -2.56. The molecule has 0 aromatic carbocycles. The number of hydrogen-bond donors (Lipinski definition) is 0. The Morgan fingerprint density at radius 1 is 1.38 bits per heavy atom. The first-order valence-corrected chi connectivity index (χ1v) is 10.5. The Morgan fingerprint density at radius 3 is 2.92 bits per heavy atom. The van der Waals surface area contributed by atoms with Gasteiger partial charge in [0.15, 0.2) is 0 Å². The van der Waals surface area contributed by atoms with Gasteiger partial charge in [-0.05, 0) is 44.1 Å². The zero-order valence-corrected chi connectivity index (χ0v) is 16.0. The summed E-state index contributed by atoms with van der Waals surface area (Å²) < 4.78 is 1.95. The van der Waals surface area contributed by atoms with E-state index >= 15 is 0 Å². The maximum atomic E-state index is 12.4. The van der Waals surface area contributed by atoms with Crippen LogP contribution in [0, 0.1) is 12.8 Å². The second-order valence-electron chi connectivity index (χ2n) is 7.20. The predicted molar refractivity (Wildman–Crippen MR) is 99.1 cm³/mol. The highest BCUT2D eigenvalue weighted by molar-refractivity contribution is 7.98. The van der Waals surface area contributed by atoms with Gasteiger partial charge in [-0.25, -0.2) is 0 Å². The molecule has 0 spiro atoms. The van der Waals surface area contributed by atoms with Crippen LogP contribution in [-0.2, 0) is 18.4 Å². The zero-order valence-electron chi connectivity index (χ0n) is 15.2. The standard InChI is InChI=1S/C18H30N4OS/c1-14-16(11-19-20(14)2)13-21-9-7-17-15(12-21)5-6-18(23)22(17)8-4-10-24-3/h11,15,17H,4-10,12-13H2,1-3H3/t15-,17+/m0/s1. The summed E-state index contributed by atoms with van der Waals surface area (Å²) in [7, 11) is 2.00. The van der Waals surface area contributed by atoms with E-state index in [9.17, 15) is 4.79 Å². The number of likely N-dealkylation sites (tertiary alicyclic amines) is 2. The Hall–Kier alpha value is -1.01. The average molecular weight is 351 g/mol. The number of thioether (sulfide) groups is 1. The summed E-state index contributed by atoms with van der Waals surface area (Å²) in [5.74, 6) is 2.17. The monoisotopic (exact) mass is 350 g/mol. The van der Waals surface area contributed by atoms with Crippen molar-refractivity contribution in [3.63, 3.8) is 0 Å². The molecular formula is C18H30N4OS. The van der Waals surface area contributed by atoms with Crippen LogP contribution in [0.3, 0.4) is 0 Å². The number of aryl methyl sites for hydroxylation is 1. The minimum absolute atomic E-state index is 0.383. The molecular weight excluding hydrogens is 320 g/mol. The maximum absolute atomic E-state index is 12.4. The Labute approximate surface area is 149 Å². The van der Waals surface area contributed by atoms with Crippen LogP contribution in [0.1, 0.15) is 36.9 Å². The molecule has 0 bridgehead atoms. The molecule has 1 aromatic heterocycles. The van der Waals surface area contributed by atoms with E-state index in [0.29, 0.717) is 17.9 Å². The molecule has 3 rings (SSSR count). The van der Waals surface area contributed by atoms with Gasteiger partial charge in [0.25, 0.3) is 0 Å². The van der Waals surface area contributed by atoms with Crippen molar-refractivity contribution in [2.24, 2.45) is 13.0 Å². The third kappa shape index (κ3) is 3.80. The van der Waals surface area contributed by atoms with Crippen LogP contribution in [0.25, 0.3) is 0 Å². The molecule has 134 valence electrons. The second kappa shape index (κ2) is 7.91. The smallest absolute Gasteiger partial charge is 0.222 e. The molecule has 6 heteroatoms. The molecule has 2 atom stereocenters. The summed E-state index contributed by atoms with van der Waals surface area (Å²) in [5, 5.41) is 4.36. The fraction of sp³-hybridized carbons (Fsp3) is 0.778. The topological polar surface area (TPSA) is 41.4 Å². The highest BCUT2D eigenvalue weighted by Gasteiger charge is 2.38. The zero-order chi connectivity index (χ0) is 17.1. The van der Waals surface area contributed by atoms with Crippen molar-refractivity contribution in [3.05, 3.63) is 17.5 Å². The van der Waals surface area contributed by atoms with Crippen LogP contribution >= 0.6 is 11.8 Å². The molecule has 0 unspecified atom stereocenters. The fourth-order valence-corrected chi connectivity index (χ4v) is 4.60. The normalized spacial score (nSPS) is 25.1. The quantitative estimate of drug-likeness (QED) is 0.738. The first-order valence-electron chi connectivity index (χ1n) is 9.08. The van der Waals surface area contributed by atoms with E-state index in [0.717, 1.165) is 57.6 Å². The predicted octanol–water partition coefficient (Wildman–Crippen LogP) is 2.29. The van der Waals surface area contributed by atoms with Gasteiger partial charge in [-0.2, -0.15) is 16.9 Å². The van der Waals surface area contributed by atoms with E-state index in [1.54, 1.807) is 0 Å². The van der Waals surface area contributed by atoms with Gasteiger partial charge in [-0.3, -0.25) is 14.4 Å². The fourth-order valence-electron chi connectivity index (χ4n) is 4.18. The Morgan fingerprint density at radius 2 is 2.21 bits per heavy atom. The number of carbonyl (C=O) groups is 1. The third-order valence-electron chi connectivity index (χ3n) is 5.71. The number of piperidine rings is 2. The average Bonchev–Trinajstić information content (AvgIpc) is 2.89. The summed E-state index contributed by atoms with van der Waals surface area (Å²) in [5.41, 5.74) is 2.59. The number of fused-ring (bicyclic) bond motifs is 1. The molecule has 2 saturated heterocycles.